The van der Waals surface area contributed by atoms with Gasteiger partial charge in [-0.2, -0.15) is 0 Å². The standard InChI is InChI=1S/C14H21N3/c15-13-6-5-11(7-14(13)16)17-8-12(9-1-2-9)10-3-4-10/h5-7,9-10,12,17H,1-4,8,15-16H2. The molecule has 0 saturated heterocycles. The molecule has 3 rings (SSSR count). The summed E-state index contributed by atoms with van der Waals surface area (Å²) in [5, 5.41) is 3.52. The molecule has 2 saturated carbocycles. The number of nitrogens with one attached hydrogen (secondary N) is 1. The van der Waals surface area contributed by atoms with Crippen molar-refractivity contribution in [3.63, 3.8) is 0 Å². The average molecular weight is 231 g/mol. The van der Waals surface area contributed by atoms with Gasteiger partial charge < -0.3 is 16.8 Å². The van der Waals surface area contributed by atoms with E-state index in [1.54, 1.807) is 0 Å². The van der Waals surface area contributed by atoms with Crippen LogP contribution in [0.15, 0.2) is 18.2 Å². The van der Waals surface area contributed by atoms with Crippen molar-refractivity contribution in [1.29, 1.82) is 0 Å². The maximum Gasteiger partial charge on any atom is 0.0568 e. The molecule has 1 aromatic rings. The molecule has 92 valence electrons. The Morgan fingerprint density at radius 2 is 1.71 bits per heavy atom. The molecule has 17 heavy (non-hydrogen) atoms. The van der Waals surface area contributed by atoms with Gasteiger partial charge in [-0.1, -0.05) is 0 Å². The summed E-state index contributed by atoms with van der Waals surface area (Å²) < 4.78 is 0. The molecule has 5 N–H and O–H groups in total. The highest BCUT2D eigenvalue weighted by atomic mass is 14.9. The second kappa shape index (κ2) is 4.13. The summed E-state index contributed by atoms with van der Waals surface area (Å²) in [5.41, 5.74) is 13.9. The Morgan fingerprint density at radius 3 is 2.24 bits per heavy atom. The molecule has 0 aromatic heterocycles. The van der Waals surface area contributed by atoms with Crippen molar-refractivity contribution in [2.75, 3.05) is 23.3 Å². The third-order valence-corrected chi connectivity index (χ3v) is 4.08. The Hall–Kier alpha value is -1.38. The Labute approximate surface area is 103 Å². The molecule has 0 atom stereocenters. The predicted molar refractivity (Wildman–Crippen MR) is 72.7 cm³/mol. The summed E-state index contributed by atoms with van der Waals surface area (Å²) in [6.45, 7) is 1.10. The summed E-state index contributed by atoms with van der Waals surface area (Å²) in [4.78, 5) is 0. The predicted octanol–water partition coefficient (Wildman–Crippen LogP) is 2.70. The number of benzene rings is 1. The van der Waals surface area contributed by atoms with Gasteiger partial charge in [-0.25, -0.2) is 0 Å². The van der Waals surface area contributed by atoms with Crippen molar-refractivity contribution in [2.24, 2.45) is 17.8 Å². The molecule has 3 heteroatoms. The van der Waals surface area contributed by atoms with Crippen LogP contribution in [0.2, 0.25) is 0 Å². The van der Waals surface area contributed by atoms with E-state index >= 15 is 0 Å². The van der Waals surface area contributed by atoms with Crippen LogP contribution in [0.3, 0.4) is 0 Å². The third-order valence-electron chi connectivity index (χ3n) is 4.08. The van der Waals surface area contributed by atoms with Crippen LogP contribution < -0.4 is 16.8 Å². The lowest BCUT2D eigenvalue weighted by atomic mass is 9.98. The molecule has 0 radical (unpaired) electrons. The van der Waals surface area contributed by atoms with Gasteiger partial charge in [0.2, 0.25) is 0 Å². The van der Waals surface area contributed by atoms with E-state index in [1.807, 2.05) is 18.2 Å². The van der Waals surface area contributed by atoms with Crippen molar-refractivity contribution >= 4 is 17.1 Å². The van der Waals surface area contributed by atoms with Crippen LogP contribution in [0.1, 0.15) is 25.7 Å². The molecule has 2 aliphatic rings. The monoisotopic (exact) mass is 231 g/mol. The van der Waals surface area contributed by atoms with Crippen LogP contribution in [0.5, 0.6) is 0 Å². The lowest BCUT2D eigenvalue weighted by Gasteiger charge is -2.17. The average Bonchev–Trinajstić information content (AvgIpc) is 3.14. The lowest BCUT2D eigenvalue weighted by molar-refractivity contribution is 0.428. The van der Waals surface area contributed by atoms with Gasteiger partial charge in [0.05, 0.1) is 11.4 Å². The lowest BCUT2D eigenvalue weighted by Crippen LogP contribution is -2.18. The molecule has 0 spiro atoms. The van der Waals surface area contributed by atoms with Gasteiger partial charge in [-0.15, -0.1) is 0 Å². The smallest absolute Gasteiger partial charge is 0.0568 e. The fourth-order valence-corrected chi connectivity index (χ4v) is 2.69. The number of anilines is 3. The minimum atomic E-state index is 0.663. The van der Waals surface area contributed by atoms with Crippen LogP contribution in [0.25, 0.3) is 0 Å². The van der Waals surface area contributed by atoms with E-state index < -0.39 is 0 Å². The molecule has 0 amide bonds. The maximum absolute atomic E-state index is 5.81. The highest BCUT2D eigenvalue weighted by Gasteiger charge is 2.40. The fourth-order valence-electron chi connectivity index (χ4n) is 2.69. The molecule has 2 aliphatic carbocycles. The first kappa shape index (κ1) is 10.8. The quantitative estimate of drug-likeness (QED) is 0.683. The van der Waals surface area contributed by atoms with Crippen LogP contribution >= 0.6 is 0 Å². The van der Waals surface area contributed by atoms with Crippen molar-refractivity contribution in [1.82, 2.24) is 0 Å². The van der Waals surface area contributed by atoms with Crippen molar-refractivity contribution in [3.05, 3.63) is 18.2 Å². The molecular formula is C14H21N3. The van der Waals surface area contributed by atoms with Gasteiger partial charge in [0.25, 0.3) is 0 Å². The molecule has 3 nitrogen and oxygen atoms in total. The van der Waals surface area contributed by atoms with Crippen LogP contribution in [0, 0.1) is 17.8 Å². The Balaban J connectivity index is 1.60. The summed E-state index contributed by atoms with van der Waals surface area (Å²) in [5.74, 6) is 2.86. The van der Waals surface area contributed by atoms with Crippen LogP contribution in [-0.4, -0.2) is 6.54 Å². The highest BCUT2D eigenvalue weighted by molar-refractivity contribution is 5.69. The van der Waals surface area contributed by atoms with Gasteiger partial charge in [0, 0.05) is 12.2 Å². The number of rotatable bonds is 5. The summed E-state index contributed by atoms with van der Waals surface area (Å²) in [6, 6.07) is 5.83. The molecule has 0 heterocycles. The topological polar surface area (TPSA) is 64.1 Å². The zero-order valence-electron chi connectivity index (χ0n) is 10.2. The summed E-state index contributed by atoms with van der Waals surface area (Å²) in [7, 11) is 0. The van der Waals surface area contributed by atoms with Crippen molar-refractivity contribution in [2.45, 2.75) is 25.7 Å². The Kier molecular flexibility index (Phi) is 2.61. The molecule has 0 unspecified atom stereocenters. The summed E-state index contributed by atoms with van der Waals surface area (Å²) >= 11 is 0. The van der Waals surface area contributed by atoms with Crippen molar-refractivity contribution in [3.8, 4) is 0 Å². The van der Waals surface area contributed by atoms with E-state index in [0.717, 1.165) is 30.0 Å². The van der Waals surface area contributed by atoms with Crippen molar-refractivity contribution < 1.29 is 0 Å². The van der Waals surface area contributed by atoms with E-state index in [4.69, 9.17) is 11.5 Å². The number of hydrogen-bond acceptors (Lipinski definition) is 3. The first-order chi connectivity index (χ1) is 8.24. The second-order valence-electron chi connectivity index (χ2n) is 5.56. The van der Waals surface area contributed by atoms with E-state index in [0.29, 0.717) is 11.4 Å². The zero-order chi connectivity index (χ0) is 11.8. The van der Waals surface area contributed by atoms with Gasteiger partial charge in [0.15, 0.2) is 0 Å². The highest BCUT2D eigenvalue weighted by Crippen LogP contribution is 2.49. The second-order valence-corrected chi connectivity index (χ2v) is 5.56. The largest absolute Gasteiger partial charge is 0.397 e. The van der Waals surface area contributed by atoms with Gasteiger partial charge >= 0.3 is 0 Å². The third kappa shape index (κ3) is 2.48. The minimum Gasteiger partial charge on any atom is -0.397 e. The van der Waals surface area contributed by atoms with E-state index in [2.05, 4.69) is 5.32 Å². The molecule has 2 fully saturated rings. The number of nitrogen functional groups attached to an aromatic ring is 2. The molecule has 1 aromatic carbocycles. The Bertz CT molecular complexity index is 396. The minimum absolute atomic E-state index is 0.663. The van der Waals surface area contributed by atoms with E-state index in [9.17, 15) is 0 Å². The first-order valence-corrected chi connectivity index (χ1v) is 6.63. The normalized spacial score (nSPS) is 19.6. The molecule has 0 bridgehead atoms. The van der Waals surface area contributed by atoms with Crippen LogP contribution in [-0.2, 0) is 0 Å². The van der Waals surface area contributed by atoms with Gasteiger partial charge in [-0.05, 0) is 61.6 Å². The molecule has 0 aliphatic heterocycles. The van der Waals surface area contributed by atoms with E-state index in [-0.39, 0.29) is 0 Å². The molecular weight excluding hydrogens is 210 g/mol. The fraction of sp³-hybridized carbons (Fsp3) is 0.571. The zero-order valence-corrected chi connectivity index (χ0v) is 10.2. The Morgan fingerprint density at radius 1 is 1.06 bits per heavy atom. The van der Waals surface area contributed by atoms with Crippen LogP contribution in [0.4, 0.5) is 17.1 Å². The summed E-state index contributed by atoms with van der Waals surface area (Å²) in [6.07, 6.45) is 5.75. The number of nitrogens with two attached hydrogens (primary N) is 2. The maximum atomic E-state index is 5.81. The van der Waals surface area contributed by atoms with E-state index in [1.165, 1.54) is 25.7 Å². The first-order valence-electron chi connectivity index (χ1n) is 6.63. The number of hydrogen-bond donors (Lipinski definition) is 3. The van der Waals surface area contributed by atoms with Gasteiger partial charge in [-0.3, -0.25) is 0 Å². The SMILES string of the molecule is Nc1ccc(NCC(C2CC2)C2CC2)cc1N. The van der Waals surface area contributed by atoms with Gasteiger partial charge in [0.1, 0.15) is 0 Å².